The Kier molecular flexibility index (Phi) is 1.66. The highest BCUT2D eigenvalue weighted by molar-refractivity contribution is 6.04. The van der Waals surface area contributed by atoms with Gasteiger partial charge in [-0.25, -0.2) is 9.79 Å². The normalized spacial score (nSPS) is 35.5. The van der Waals surface area contributed by atoms with E-state index >= 15 is 0 Å². The molecule has 1 saturated carbocycles. The number of hydrogen-bond acceptors (Lipinski definition) is 3. The van der Waals surface area contributed by atoms with Crippen LogP contribution in [0.3, 0.4) is 0 Å². The van der Waals surface area contributed by atoms with E-state index in [1.165, 1.54) is 0 Å². The molecule has 14 heavy (non-hydrogen) atoms. The molecule has 1 aliphatic carbocycles. The molecule has 3 heteroatoms. The number of hydrogen-bond donors (Lipinski definition) is 0. The molecule has 1 aliphatic heterocycles. The van der Waals surface area contributed by atoms with Crippen molar-refractivity contribution in [2.24, 2.45) is 16.3 Å². The Balaban J connectivity index is 2.28. The quantitative estimate of drug-likeness (QED) is 0.471. The van der Waals surface area contributed by atoms with Crippen molar-refractivity contribution in [1.82, 2.24) is 0 Å². The van der Waals surface area contributed by atoms with Crippen LogP contribution < -0.4 is 0 Å². The summed E-state index contributed by atoms with van der Waals surface area (Å²) in [5, 5.41) is 0. The van der Waals surface area contributed by atoms with E-state index in [-0.39, 0.29) is 17.3 Å². The molecule has 0 bridgehead atoms. The van der Waals surface area contributed by atoms with E-state index in [1.54, 1.807) is 6.08 Å². The van der Waals surface area contributed by atoms with Crippen LogP contribution in [0.5, 0.6) is 0 Å². The Bertz CT molecular complexity index is 338. The summed E-state index contributed by atoms with van der Waals surface area (Å²) in [5.74, 6) is 0.536. The van der Waals surface area contributed by atoms with Gasteiger partial charge in [-0.3, -0.25) is 0 Å². The van der Waals surface area contributed by atoms with Gasteiger partial charge in [0.25, 0.3) is 0 Å². The number of cyclic esters (lactones) is 1. The molecule has 1 unspecified atom stereocenters. The lowest BCUT2D eigenvalue weighted by molar-refractivity contribution is -0.136. The largest absolute Gasteiger partial charge is 0.409 e. The fraction of sp³-hybridized carbons (Fsp3) is 0.636. The second kappa shape index (κ2) is 2.47. The zero-order chi connectivity index (χ0) is 10.6. The van der Waals surface area contributed by atoms with E-state index < -0.39 is 5.54 Å². The van der Waals surface area contributed by atoms with Gasteiger partial charge in [0.05, 0.1) is 0 Å². The monoisotopic (exact) mass is 193 g/mol. The van der Waals surface area contributed by atoms with E-state index in [4.69, 9.17) is 4.74 Å². The van der Waals surface area contributed by atoms with Gasteiger partial charge in [0.2, 0.25) is 0 Å². The summed E-state index contributed by atoms with van der Waals surface area (Å²) in [7, 11) is 0. The minimum absolute atomic E-state index is 0.176. The maximum atomic E-state index is 11.6. The summed E-state index contributed by atoms with van der Waals surface area (Å²) < 4.78 is 5.20. The number of rotatable bonds is 1. The van der Waals surface area contributed by atoms with E-state index in [1.807, 2.05) is 20.8 Å². The summed E-state index contributed by atoms with van der Waals surface area (Å²) in [6.45, 7) is 9.65. The van der Waals surface area contributed by atoms with E-state index in [0.717, 1.165) is 6.42 Å². The summed E-state index contributed by atoms with van der Waals surface area (Å²) in [4.78, 5) is 16.0. The van der Waals surface area contributed by atoms with Crippen molar-refractivity contribution in [1.29, 1.82) is 0 Å². The van der Waals surface area contributed by atoms with Crippen LogP contribution in [0, 0.1) is 11.3 Å². The molecule has 0 aromatic carbocycles. The fourth-order valence-electron chi connectivity index (χ4n) is 1.66. The smallest absolute Gasteiger partial charge is 0.341 e. The number of aliphatic imine (C=N–C) groups is 1. The van der Waals surface area contributed by atoms with Gasteiger partial charge in [0, 0.05) is 11.3 Å². The fourth-order valence-corrected chi connectivity index (χ4v) is 1.66. The standard InChI is InChI=1S/C11H15NO2/c1-5-7-6-11(7)9(13)14-8(12-11)10(2,3)4/h5,7H,1,6H2,2-4H3/t7?,11-/m1/s1. The van der Waals surface area contributed by atoms with Gasteiger partial charge < -0.3 is 4.74 Å². The third kappa shape index (κ3) is 1.11. The van der Waals surface area contributed by atoms with Crippen molar-refractivity contribution in [3.63, 3.8) is 0 Å². The van der Waals surface area contributed by atoms with Gasteiger partial charge >= 0.3 is 5.97 Å². The molecule has 0 saturated heterocycles. The van der Waals surface area contributed by atoms with Gasteiger partial charge in [0.1, 0.15) is 0 Å². The van der Waals surface area contributed by atoms with Crippen LogP contribution in [0.15, 0.2) is 17.6 Å². The zero-order valence-corrected chi connectivity index (χ0v) is 8.83. The average molecular weight is 193 g/mol. The summed E-state index contributed by atoms with van der Waals surface area (Å²) in [6.07, 6.45) is 2.55. The molecular formula is C11H15NO2. The minimum Gasteiger partial charge on any atom is -0.409 e. The lowest BCUT2D eigenvalue weighted by Gasteiger charge is -2.15. The second-order valence-electron chi connectivity index (χ2n) is 5.03. The number of nitrogens with zero attached hydrogens (tertiary/aromatic N) is 1. The van der Waals surface area contributed by atoms with Crippen LogP contribution in [-0.4, -0.2) is 17.4 Å². The van der Waals surface area contributed by atoms with Crippen molar-refractivity contribution in [2.45, 2.75) is 32.7 Å². The van der Waals surface area contributed by atoms with Gasteiger partial charge in [-0.15, -0.1) is 6.58 Å². The molecule has 0 N–H and O–H groups in total. The van der Waals surface area contributed by atoms with Gasteiger partial charge in [-0.2, -0.15) is 0 Å². The molecular weight excluding hydrogens is 178 g/mol. The predicted molar refractivity (Wildman–Crippen MR) is 54.0 cm³/mol. The molecule has 2 aliphatic rings. The van der Waals surface area contributed by atoms with Crippen molar-refractivity contribution < 1.29 is 9.53 Å². The summed E-state index contributed by atoms with van der Waals surface area (Å²) in [6, 6.07) is 0. The highest BCUT2D eigenvalue weighted by atomic mass is 16.6. The highest BCUT2D eigenvalue weighted by Crippen LogP contribution is 2.52. The van der Waals surface area contributed by atoms with Crippen molar-refractivity contribution in [3.8, 4) is 0 Å². The predicted octanol–water partition coefficient (Wildman–Crippen LogP) is 1.93. The first kappa shape index (κ1) is 9.44. The molecule has 0 amide bonds. The molecule has 1 heterocycles. The van der Waals surface area contributed by atoms with Crippen molar-refractivity contribution >= 4 is 11.9 Å². The number of ether oxygens (including phenoxy) is 1. The third-order valence-corrected chi connectivity index (χ3v) is 2.75. The Hall–Kier alpha value is -1.12. The first-order chi connectivity index (χ1) is 6.40. The SMILES string of the molecule is C=CC1C[C@@]12N=C(C(C)(C)C)OC2=O. The van der Waals surface area contributed by atoms with Crippen LogP contribution in [-0.2, 0) is 9.53 Å². The molecule has 2 atom stereocenters. The van der Waals surface area contributed by atoms with Crippen LogP contribution in [0.4, 0.5) is 0 Å². The first-order valence-corrected chi connectivity index (χ1v) is 4.85. The van der Waals surface area contributed by atoms with Crippen LogP contribution in [0.25, 0.3) is 0 Å². The maximum absolute atomic E-state index is 11.6. The Labute approximate surface area is 83.9 Å². The second-order valence-corrected chi connectivity index (χ2v) is 5.03. The summed E-state index contributed by atoms with van der Waals surface area (Å²) in [5.41, 5.74) is -0.780. The van der Waals surface area contributed by atoms with Crippen molar-refractivity contribution in [3.05, 3.63) is 12.7 Å². The molecule has 3 nitrogen and oxygen atoms in total. The number of carbonyl (C=O) groups is 1. The molecule has 0 radical (unpaired) electrons. The van der Waals surface area contributed by atoms with Gasteiger partial charge in [0.15, 0.2) is 11.4 Å². The van der Waals surface area contributed by atoms with Crippen molar-refractivity contribution in [2.75, 3.05) is 0 Å². The lowest BCUT2D eigenvalue weighted by atomic mass is 9.97. The Morgan fingerprint density at radius 2 is 2.29 bits per heavy atom. The average Bonchev–Trinajstić information content (AvgIpc) is 2.66. The molecule has 2 rings (SSSR count). The Morgan fingerprint density at radius 1 is 1.64 bits per heavy atom. The lowest BCUT2D eigenvalue weighted by Crippen LogP contribution is -2.22. The third-order valence-electron chi connectivity index (χ3n) is 2.75. The number of esters is 1. The topological polar surface area (TPSA) is 38.7 Å². The first-order valence-electron chi connectivity index (χ1n) is 4.85. The molecule has 76 valence electrons. The van der Waals surface area contributed by atoms with Crippen LogP contribution in [0.2, 0.25) is 0 Å². The minimum atomic E-state index is -0.593. The van der Waals surface area contributed by atoms with E-state index in [0.29, 0.717) is 5.90 Å². The highest BCUT2D eigenvalue weighted by Gasteiger charge is 2.64. The number of carbonyl (C=O) groups excluding carboxylic acids is 1. The van der Waals surface area contributed by atoms with Crippen LogP contribution >= 0.6 is 0 Å². The van der Waals surface area contributed by atoms with Gasteiger partial charge in [-0.05, 0) is 6.42 Å². The maximum Gasteiger partial charge on any atom is 0.341 e. The molecule has 0 aromatic rings. The Morgan fingerprint density at radius 3 is 2.64 bits per heavy atom. The van der Waals surface area contributed by atoms with Crippen LogP contribution in [0.1, 0.15) is 27.2 Å². The zero-order valence-electron chi connectivity index (χ0n) is 8.83. The molecule has 1 spiro atoms. The molecule has 0 aromatic heterocycles. The van der Waals surface area contributed by atoms with E-state index in [2.05, 4.69) is 11.6 Å². The van der Waals surface area contributed by atoms with E-state index in [9.17, 15) is 4.79 Å². The van der Waals surface area contributed by atoms with Gasteiger partial charge in [-0.1, -0.05) is 26.8 Å². The molecule has 1 fully saturated rings. The summed E-state index contributed by atoms with van der Waals surface area (Å²) >= 11 is 0.